The number of allylic oxidation sites excluding steroid dienone is 2. The molecule has 0 radical (unpaired) electrons. The van der Waals surface area contributed by atoms with Gasteiger partial charge in [0.25, 0.3) is 0 Å². The average Bonchev–Trinajstić information content (AvgIpc) is 4.11. The van der Waals surface area contributed by atoms with E-state index in [1.54, 1.807) is 6.08 Å². The van der Waals surface area contributed by atoms with E-state index in [4.69, 9.17) is 23.1 Å². The lowest BCUT2D eigenvalue weighted by molar-refractivity contribution is -0.263. The van der Waals surface area contributed by atoms with Gasteiger partial charge in [-0.15, -0.1) is 0 Å². The average molecular weight is 927 g/mol. The molecule has 14 atom stereocenters. The van der Waals surface area contributed by atoms with Crippen molar-refractivity contribution in [2.45, 2.75) is 155 Å². The van der Waals surface area contributed by atoms with Crippen LogP contribution in [0.15, 0.2) is 91.5 Å². The summed E-state index contributed by atoms with van der Waals surface area (Å²) < 4.78 is 59.0. The van der Waals surface area contributed by atoms with Crippen LogP contribution in [0.1, 0.15) is 119 Å². The Morgan fingerprint density at radius 2 is 1.20 bits per heavy atom. The number of rotatable bonds is 11. The molecule has 0 amide bonds. The van der Waals surface area contributed by atoms with Crippen LogP contribution in [0, 0.1) is 47.3 Å². The Balaban J connectivity index is 0.000000185. The van der Waals surface area contributed by atoms with Crippen LogP contribution in [0.3, 0.4) is 0 Å². The summed E-state index contributed by atoms with van der Waals surface area (Å²) in [6.45, 7) is 20.6. The summed E-state index contributed by atoms with van der Waals surface area (Å²) in [6.07, 6.45) is 9.77. The van der Waals surface area contributed by atoms with E-state index in [0.717, 1.165) is 51.9 Å². The molecule has 4 bridgehead atoms. The minimum Gasteiger partial charge on any atom is -0.456 e. The van der Waals surface area contributed by atoms with Crippen LogP contribution in [0.2, 0.25) is 0 Å². The minimum atomic E-state index is -4.10. The Bertz CT molecular complexity index is 2400. The van der Waals surface area contributed by atoms with Crippen molar-refractivity contribution >= 4 is 33.4 Å². The summed E-state index contributed by atoms with van der Waals surface area (Å²) in [6, 6.07) is 19.6. The first kappa shape index (κ1) is 48.3. The molecule has 12 nitrogen and oxygen atoms in total. The van der Waals surface area contributed by atoms with Gasteiger partial charge in [0.1, 0.15) is 35.8 Å². The Hall–Kier alpha value is -4.14. The summed E-state index contributed by atoms with van der Waals surface area (Å²) in [5.41, 5.74) is 0.811. The van der Waals surface area contributed by atoms with Crippen LogP contribution < -0.4 is 0 Å². The lowest BCUT2D eigenvalue weighted by Gasteiger charge is -2.53. The molecule has 6 fully saturated rings. The van der Waals surface area contributed by atoms with E-state index in [-0.39, 0.29) is 47.6 Å². The van der Waals surface area contributed by atoms with Crippen molar-refractivity contribution in [1.82, 2.24) is 8.96 Å². The Labute approximate surface area is 391 Å². The molecule has 66 heavy (non-hydrogen) atoms. The van der Waals surface area contributed by atoms with Crippen LogP contribution in [-0.2, 0) is 43.0 Å². The van der Waals surface area contributed by atoms with E-state index in [1.807, 2.05) is 95.3 Å². The molecule has 3 aromatic rings. The third-order valence-electron chi connectivity index (χ3n) is 16.9. The maximum atomic E-state index is 13.3. The number of imidazole rings is 1. The van der Waals surface area contributed by atoms with Crippen molar-refractivity contribution in [2.75, 3.05) is 0 Å². The standard InChI is InChI=1S/C28H36N2O6S.C25H34O4/c1-18(2)28-16-23(35-37(32,33)30-14-13-29-17-30)27(5,36-28)22-12-11-19(3)25(22)26(28)34-24(31)15-20(4)21-9-7-6-8-10-21;1-15(2)25-14-20(26)24(5,29-25)19-12-11-16(3)22(19)23(25)28-21(27)13-17(4)18-9-7-6-8-10-18/h6-10,13-15,17-19,22-23,25-26H,11-12,16H2,1-5H3;6-10,13,15-16,19-20,22-23,26H,11-12,14H2,1-5H3/b20-15+;17-13+. The molecule has 14 unspecified atom stereocenters. The van der Waals surface area contributed by atoms with Crippen LogP contribution >= 0.6 is 0 Å². The zero-order valence-electron chi connectivity index (χ0n) is 40.3. The van der Waals surface area contributed by atoms with E-state index in [9.17, 15) is 23.1 Å². The number of aliphatic hydroxyl groups is 1. The molecule has 4 aliphatic heterocycles. The molecular formula is C53H70N2O10S. The highest BCUT2D eigenvalue weighted by atomic mass is 32.2. The second kappa shape index (κ2) is 18.1. The number of aliphatic hydroxyl groups excluding tert-OH is 1. The molecule has 6 aliphatic rings. The van der Waals surface area contributed by atoms with Gasteiger partial charge in [-0.05, 0) is 111 Å². The SMILES string of the molecule is C/C(=C\C(=O)OC1C2C(C)CCC2C2(C)OC1(C(C)C)CC2O)c1ccccc1.C/C(=C\C(=O)OC1C2C(C)CCC2C2(C)OC1(C(C)C)CC2OS(=O)(=O)n1ccnc1)c1ccccc1. The minimum absolute atomic E-state index is 0.00291. The maximum absolute atomic E-state index is 13.3. The molecule has 13 heteroatoms. The Morgan fingerprint density at radius 3 is 1.65 bits per heavy atom. The highest BCUT2D eigenvalue weighted by Crippen LogP contribution is 2.64. The van der Waals surface area contributed by atoms with Crippen molar-refractivity contribution in [3.63, 3.8) is 0 Å². The van der Waals surface area contributed by atoms with Crippen LogP contribution in [0.5, 0.6) is 0 Å². The third-order valence-corrected chi connectivity index (χ3v) is 18.1. The number of ether oxygens (including phenoxy) is 4. The number of esters is 2. The van der Waals surface area contributed by atoms with E-state index < -0.39 is 57.0 Å². The van der Waals surface area contributed by atoms with Gasteiger partial charge >= 0.3 is 22.2 Å². The summed E-state index contributed by atoms with van der Waals surface area (Å²) in [5.74, 6) is 0.607. The van der Waals surface area contributed by atoms with Gasteiger partial charge in [0.2, 0.25) is 0 Å². The summed E-state index contributed by atoms with van der Waals surface area (Å²) in [7, 11) is -4.10. The third kappa shape index (κ3) is 8.32. The lowest BCUT2D eigenvalue weighted by Crippen LogP contribution is -2.62. The van der Waals surface area contributed by atoms with Gasteiger partial charge in [-0.25, -0.2) is 22.7 Å². The highest BCUT2D eigenvalue weighted by molar-refractivity contribution is 7.85. The molecule has 1 aromatic heterocycles. The first-order valence-corrected chi connectivity index (χ1v) is 25.4. The number of aromatic nitrogens is 2. The highest BCUT2D eigenvalue weighted by Gasteiger charge is 2.73. The quantitative estimate of drug-likeness (QED) is 0.145. The second-order valence-corrected chi connectivity index (χ2v) is 22.7. The Morgan fingerprint density at radius 1 is 0.742 bits per heavy atom. The van der Waals surface area contributed by atoms with Gasteiger partial charge < -0.3 is 24.1 Å². The number of benzene rings is 2. The largest absolute Gasteiger partial charge is 0.456 e. The monoisotopic (exact) mass is 926 g/mol. The molecule has 358 valence electrons. The Kier molecular flexibility index (Phi) is 13.2. The normalized spacial score (nSPS) is 38.1. The molecule has 2 aliphatic carbocycles. The first-order chi connectivity index (χ1) is 31.2. The molecule has 9 rings (SSSR count). The summed E-state index contributed by atoms with van der Waals surface area (Å²) >= 11 is 0. The number of fused-ring (bicyclic) bond motifs is 8. The van der Waals surface area contributed by atoms with Gasteiger partial charge in [-0.2, -0.15) is 8.42 Å². The van der Waals surface area contributed by atoms with Gasteiger partial charge in [0.15, 0.2) is 0 Å². The van der Waals surface area contributed by atoms with Crippen molar-refractivity contribution in [1.29, 1.82) is 0 Å². The molecule has 0 spiro atoms. The predicted octanol–water partition coefficient (Wildman–Crippen LogP) is 9.24. The van der Waals surface area contributed by atoms with E-state index in [1.165, 1.54) is 24.8 Å². The predicted molar refractivity (Wildman–Crippen MR) is 251 cm³/mol. The van der Waals surface area contributed by atoms with Crippen molar-refractivity contribution in [2.24, 2.45) is 47.3 Å². The van der Waals surface area contributed by atoms with E-state index in [0.29, 0.717) is 24.7 Å². The number of nitrogens with zero attached hydrogens (tertiary/aromatic N) is 2. The molecule has 4 saturated heterocycles. The van der Waals surface area contributed by atoms with Gasteiger partial charge in [-0.1, -0.05) is 102 Å². The molecule has 2 aromatic carbocycles. The fourth-order valence-electron chi connectivity index (χ4n) is 13.1. The van der Waals surface area contributed by atoms with E-state index in [2.05, 4.69) is 39.6 Å². The van der Waals surface area contributed by atoms with Crippen LogP contribution in [0.4, 0.5) is 0 Å². The number of carbonyl (C=O) groups excluding carboxylic acids is 2. The zero-order valence-corrected chi connectivity index (χ0v) is 41.1. The molecule has 1 N–H and O–H groups in total. The van der Waals surface area contributed by atoms with E-state index >= 15 is 0 Å². The topological polar surface area (TPSA) is 152 Å². The fraction of sp³-hybridized carbons (Fsp3) is 0.604. The summed E-state index contributed by atoms with van der Waals surface area (Å²) in [4.78, 5) is 30.1. The lowest BCUT2D eigenvalue weighted by atomic mass is 9.69. The van der Waals surface area contributed by atoms with Gasteiger partial charge in [0.05, 0.1) is 17.3 Å². The van der Waals surface area contributed by atoms with Gasteiger partial charge in [0, 0.05) is 49.2 Å². The molecule has 2 saturated carbocycles. The fourth-order valence-corrected chi connectivity index (χ4v) is 14.2. The van der Waals surface area contributed by atoms with Gasteiger partial charge in [-0.3, -0.25) is 0 Å². The number of carbonyl (C=O) groups is 2. The summed E-state index contributed by atoms with van der Waals surface area (Å²) in [5, 5.41) is 11.0. The number of hydrogen-bond acceptors (Lipinski definition) is 11. The van der Waals surface area contributed by atoms with Crippen LogP contribution in [-0.4, -0.2) is 81.2 Å². The van der Waals surface area contributed by atoms with Crippen molar-refractivity contribution in [3.05, 3.63) is 103 Å². The zero-order chi connectivity index (χ0) is 47.6. The van der Waals surface area contributed by atoms with Crippen LogP contribution in [0.25, 0.3) is 11.1 Å². The smallest absolute Gasteiger partial charge is 0.367 e. The maximum Gasteiger partial charge on any atom is 0.367 e. The second-order valence-electron chi connectivity index (χ2n) is 21.2. The molecule has 5 heterocycles. The first-order valence-electron chi connectivity index (χ1n) is 24.1. The molecular weight excluding hydrogens is 857 g/mol. The van der Waals surface area contributed by atoms with Crippen molar-refractivity contribution in [3.8, 4) is 0 Å². The number of hydrogen-bond donors (Lipinski definition) is 1. The van der Waals surface area contributed by atoms with Crippen molar-refractivity contribution < 1.29 is 46.2 Å².